The fourth-order valence-corrected chi connectivity index (χ4v) is 3.50. The minimum atomic E-state index is -0.708. The number of nitrogens with one attached hydrogen (secondary N) is 1. The van der Waals surface area contributed by atoms with Gasteiger partial charge in [0.05, 0.1) is 12.2 Å². The normalized spacial score (nSPS) is 10.8. The van der Waals surface area contributed by atoms with Crippen LogP contribution >= 0.6 is 0 Å². The highest BCUT2D eigenvalue weighted by atomic mass is 16.2. The fraction of sp³-hybridized carbons (Fsp3) is 0.130. The molecule has 0 fully saturated rings. The molecule has 162 valence electrons. The molecule has 0 radical (unpaired) electrons. The summed E-state index contributed by atoms with van der Waals surface area (Å²) >= 11 is 0. The molecule has 0 saturated carbocycles. The lowest BCUT2D eigenvalue weighted by atomic mass is 10.1. The average Bonchev–Trinajstić information content (AvgIpc) is 3.35. The Hall–Kier alpha value is -4.40. The van der Waals surface area contributed by atoms with E-state index in [1.54, 1.807) is 54.3 Å². The van der Waals surface area contributed by atoms with Crippen LogP contribution in [0, 0.1) is 0 Å². The number of carbonyl (C=O) groups is 1. The molecule has 0 bridgehead atoms. The smallest absolute Gasteiger partial charge is 0.330 e. The van der Waals surface area contributed by atoms with Crippen molar-refractivity contribution in [3.8, 4) is 5.69 Å². The number of nitrogens with zero attached hydrogens (tertiary/aromatic N) is 4. The lowest BCUT2D eigenvalue weighted by Gasteiger charge is -2.23. The lowest BCUT2D eigenvalue weighted by Crippen LogP contribution is -2.41. The molecular formula is C23H22N6O3. The summed E-state index contributed by atoms with van der Waals surface area (Å²) in [5, 5.41) is 4.16. The zero-order valence-electron chi connectivity index (χ0n) is 17.4. The van der Waals surface area contributed by atoms with E-state index in [-0.39, 0.29) is 24.6 Å². The molecule has 0 aliphatic rings. The maximum atomic E-state index is 13.2. The summed E-state index contributed by atoms with van der Waals surface area (Å²) in [6, 6.07) is 17.9. The van der Waals surface area contributed by atoms with E-state index < -0.39 is 17.2 Å². The number of benzene rings is 2. The zero-order valence-corrected chi connectivity index (χ0v) is 17.4. The zero-order chi connectivity index (χ0) is 22.7. The second kappa shape index (κ2) is 8.76. The van der Waals surface area contributed by atoms with Crippen LogP contribution in [0.2, 0.25) is 0 Å². The molecule has 0 aliphatic carbocycles. The Labute approximate surface area is 183 Å². The second-order valence-corrected chi connectivity index (χ2v) is 7.11. The summed E-state index contributed by atoms with van der Waals surface area (Å²) < 4.78 is 2.93. The monoisotopic (exact) mass is 430 g/mol. The van der Waals surface area contributed by atoms with Crippen molar-refractivity contribution in [3.63, 3.8) is 0 Å². The standard InChI is InChI=1S/C23H22N6O3/c1-2-27(22(31)17-9-11-18(12-10-17)29-14-6-13-25-29)19-20(24)28(23(32)26-21(19)30)15-16-7-4-3-5-8-16/h3-14H,2,15,24H2,1H3,(H,26,30,32). The first-order chi connectivity index (χ1) is 15.5. The third-order valence-electron chi connectivity index (χ3n) is 5.11. The number of nitrogens with two attached hydrogens (primary N) is 1. The van der Waals surface area contributed by atoms with Gasteiger partial charge < -0.3 is 10.6 Å². The Bertz CT molecular complexity index is 1340. The molecule has 9 heteroatoms. The van der Waals surface area contributed by atoms with Gasteiger partial charge in [0.15, 0.2) is 5.69 Å². The number of hydrogen-bond acceptors (Lipinski definition) is 5. The van der Waals surface area contributed by atoms with E-state index in [0.717, 1.165) is 11.3 Å². The van der Waals surface area contributed by atoms with Gasteiger partial charge in [-0.2, -0.15) is 5.10 Å². The van der Waals surface area contributed by atoms with Crippen molar-refractivity contribution in [2.45, 2.75) is 13.5 Å². The highest BCUT2D eigenvalue weighted by molar-refractivity contribution is 6.07. The summed E-state index contributed by atoms with van der Waals surface area (Å²) in [6.07, 6.45) is 3.46. The average molecular weight is 430 g/mol. The van der Waals surface area contributed by atoms with Gasteiger partial charge >= 0.3 is 5.69 Å². The van der Waals surface area contributed by atoms with Gasteiger partial charge in [0.2, 0.25) is 0 Å². The summed E-state index contributed by atoms with van der Waals surface area (Å²) in [5.74, 6) is -0.465. The molecular weight excluding hydrogens is 408 g/mol. The minimum absolute atomic E-state index is 0.0517. The predicted molar refractivity (Wildman–Crippen MR) is 122 cm³/mol. The number of H-pyrrole nitrogens is 1. The quantitative estimate of drug-likeness (QED) is 0.485. The molecule has 0 saturated heterocycles. The molecule has 9 nitrogen and oxygen atoms in total. The number of aromatic amines is 1. The van der Waals surface area contributed by atoms with Crippen LogP contribution in [-0.4, -0.2) is 31.8 Å². The summed E-state index contributed by atoms with van der Waals surface area (Å²) in [6.45, 7) is 2.09. The summed E-state index contributed by atoms with van der Waals surface area (Å²) in [5.41, 5.74) is 6.87. The van der Waals surface area contributed by atoms with Crippen molar-refractivity contribution in [3.05, 3.63) is 105 Å². The van der Waals surface area contributed by atoms with Crippen LogP contribution in [0.4, 0.5) is 11.5 Å². The van der Waals surface area contributed by atoms with Crippen LogP contribution in [0.25, 0.3) is 5.69 Å². The molecule has 0 aliphatic heterocycles. The first-order valence-electron chi connectivity index (χ1n) is 10.1. The van der Waals surface area contributed by atoms with Crippen LogP contribution in [0.15, 0.2) is 82.6 Å². The van der Waals surface area contributed by atoms with Crippen molar-refractivity contribution in [2.75, 3.05) is 17.2 Å². The van der Waals surface area contributed by atoms with Crippen molar-refractivity contribution in [1.29, 1.82) is 0 Å². The maximum absolute atomic E-state index is 13.2. The Morgan fingerprint density at radius 1 is 1.06 bits per heavy atom. The number of hydrogen-bond donors (Lipinski definition) is 2. The molecule has 2 aromatic carbocycles. The van der Waals surface area contributed by atoms with E-state index in [1.165, 1.54) is 9.47 Å². The highest BCUT2D eigenvalue weighted by Gasteiger charge is 2.24. The second-order valence-electron chi connectivity index (χ2n) is 7.11. The number of aromatic nitrogens is 4. The first-order valence-corrected chi connectivity index (χ1v) is 10.1. The van der Waals surface area contributed by atoms with E-state index in [1.807, 2.05) is 30.3 Å². The van der Waals surface area contributed by atoms with Crippen LogP contribution in [-0.2, 0) is 6.54 Å². The van der Waals surface area contributed by atoms with Crippen molar-refractivity contribution in [1.82, 2.24) is 19.3 Å². The van der Waals surface area contributed by atoms with Crippen molar-refractivity contribution < 1.29 is 4.79 Å². The van der Waals surface area contributed by atoms with Crippen molar-refractivity contribution in [2.24, 2.45) is 0 Å². The topological polar surface area (TPSA) is 119 Å². The van der Waals surface area contributed by atoms with Gasteiger partial charge in [-0.3, -0.25) is 19.1 Å². The molecule has 2 heterocycles. The number of amides is 1. The third-order valence-corrected chi connectivity index (χ3v) is 5.11. The number of carbonyl (C=O) groups excluding carboxylic acids is 1. The molecule has 1 amide bonds. The highest BCUT2D eigenvalue weighted by Crippen LogP contribution is 2.20. The Morgan fingerprint density at radius 2 is 1.78 bits per heavy atom. The summed E-state index contributed by atoms with van der Waals surface area (Å²) in [7, 11) is 0. The SMILES string of the molecule is CCN(C(=O)c1ccc(-n2cccn2)cc1)c1c(N)n(Cc2ccccc2)c(=O)[nH]c1=O. The van der Waals surface area contributed by atoms with Gasteiger partial charge in [0, 0.05) is 24.5 Å². The maximum Gasteiger partial charge on any atom is 0.330 e. The molecule has 0 unspecified atom stereocenters. The Morgan fingerprint density at radius 3 is 2.41 bits per heavy atom. The predicted octanol–water partition coefficient (Wildman–Crippen LogP) is 2.02. The molecule has 2 aromatic heterocycles. The molecule has 3 N–H and O–H groups in total. The molecule has 32 heavy (non-hydrogen) atoms. The van der Waals surface area contributed by atoms with E-state index in [4.69, 9.17) is 5.73 Å². The van der Waals surface area contributed by atoms with Crippen LogP contribution in [0.5, 0.6) is 0 Å². The number of anilines is 2. The van der Waals surface area contributed by atoms with Gasteiger partial charge in [-0.1, -0.05) is 30.3 Å². The van der Waals surface area contributed by atoms with E-state index >= 15 is 0 Å². The molecule has 4 rings (SSSR count). The molecule has 0 atom stereocenters. The first kappa shape index (κ1) is 20.9. The Balaban J connectivity index is 1.70. The van der Waals surface area contributed by atoms with E-state index in [9.17, 15) is 14.4 Å². The number of rotatable bonds is 6. The van der Waals surface area contributed by atoms with Crippen molar-refractivity contribution >= 4 is 17.4 Å². The summed E-state index contributed by atoms with van der Waals surface area (Å²) in [4.78, 5) is 41.9. The lowest BCUT2D eigenvalue weighted by molar-refractivity contribution is 0.0988. The van der Waals surface area contributed by atoms with Crippen LogP contribution in [0.3, 0.4) is 0 Å². The molecule has 4 aromatic rings. The van der Waals surface area contributed by atoms with E-state index in [0.29, 0.717) is 5.56 Å². The Kier molecular flexibility index (Phi) is 5.71. The third kappa shape index (κ3) is 3.95. The fourth-order valence-electron chi connectivity index (χ4n) is 3.50. The minimum Gasteiger partial charge on any atom is -0.383 e. The van der Waals surface area contributed by atoms with Crippen LogP contribution < -0.4 is 21.9 Å². The largest absolute Gasteiger partial charge is 0.383 e. The van der Waals surface area contributed by atoms with Crippen LogP contribution in [0.1, 0.15) is 22.8 Å². The molecule has 0 spiro atoms. The van der Waals surface area contributed by atoms with Gasteiger partial charge in [-0.15, -0.1) is 0 Å². The number of nitrogen functional groups attached to an aromatic ring is 1. The van der Waals surface area contributed by atoms with Gasteiger partial charge in [-0.25, -0.2) is 9.48 Å². The van der Waals surface area contributed by atoms with Gasteiger partial charge in [0.1, 0.15) is 5.82 Å². The van der Waals surface area contributed by atoms with Gasteiger partial charge in [-0.05, 0) is 42.8 Å². The van der Waals surface area contributed by atoms with E-state index in [2.05, 4.69) is 10.1 Å². The van der Waals surface area contributed by atoms with Gasteiger partial charge in [0.25, 0.3) is 11.5 Å².